The molecule has 1 fully saturated rings. The summed E-state index contributed by atoms with van der Waals surface area (Å²) in [5.41, 5.74) is 2.80. The second kappa shape index (κ2) is 10.6. The second-order valence-electron chi connectivity index (χ2n) is 8.35. The van der Waals surface area contributed by atoms with Crippen LogP contribution in [0.1, 0.15) is 92.3 Å². The van der Waals surface area contributed by atoms with E-state index in [0.29, 0.717) is 42.5 Å². The van der Waals surface area contributed by atoms with Gasteiger partial charge in [0.1, 0.15) is 11.3 Å². The van der Waals surface area contributed by atoms with Crippen LogP contribution in [0.4, 0.5) is 0 Å². The molecule has 1 N–H and O–H groups in total. The van der Waals surface area contributed by atoms with Crippen molar-refractivity contribution in [2.75, 3.05) is 19.6 Å². The van der Waals surface area contributed by atoms with Crippen molar-refractivity contribution in [3.63, 3.8) is 0 Å². The molecule has 1 saturated carbocycles. The molecule has 0 unspecified atom stereocenters. The quantitative estimate of drug-likeness (QED) is 0.618. The molecule has 0 saturated heterocycles. The Bertz CT molecular complexity index is 863. The number of fused-ring (bicyclic) bond motifs is 1. The number of nitrogens with zero attached hydrogens (tertiary/aromatic N) is 3. The predicted molar refractivity (Wildman–Crippen MR) is 120 cm³/mol. The fourth-order valence-corrected chi connectivity index (χ4v) is 4.43. The molecule has 1 aliphatic rings. The minimum atomic E-state index is -0.102. The Morgan fingerprint density at radius 1 is 1.17 bits per heavy atom. The van der Waals surface area contributed by atoms with Gasteiger partial charge in [0, 0.05) is 31.4 Å². The van der Waals surface area contributed by atoms with E-state index >= 15 is 0 Å². The third kappa shape index (κ3) is 5.02. The smallest absolute Gasteiger partial charge is 0.271 e. The zero-order valence-electron chi connectivity index (χ0n) is 18.7. The van der Waals surface area contributed by atoms with E-state index in [4.69, 9.17) is 4.98 Å². The molecule has 2 aromatic heterocycles. The predicted octanol–water partition coefficient (Wildman–Crippen LogP) is 4.47. The normalized spacial score (nSPS) is 14.8. The third-order valence-corrected chi connectivity index (χ3v) is 6.26. The van der Waals surface area contributed by atoms with Gasteiger partial charge in [0.25, 0.3) is 11.8 Å². The van der Waals surface area contributed by atoms with Crippen LogP contribution in [-0.2, 0) is 6.42 Å². The van der Waals surface area contributed by atoms with Crippen LogP contribution in [0.2, 0.25) is 0 Å². The molecule has 30 heavy (non-hydrogen) atoms. The van der Waals surface area contributed by atoms with Gasteiger partial charge >= 0.3 is 0 Å². The summed E-state index contributed by atoms with van der Waals surface area (Å²) in [5.74, 6) is 0.501. The first-order valence-electron chi connectivity index (χ1n) is 11.7. The first-order valence-corrected chi connectivity index (χ1v) is 11.7. The van der Waals surface area contributed by atoms with Gasteiger partial charge in [-0.2, -0.15) is 0 Å². The summed E-state index contributed by atoms with van der Waals surface area (Å²) in [4.78, 5) is 32.2. The van der Waals surface area contributed by atoms with E-state index in [0.717, 1.165) is 25.0 Å². The van der Waals surface area contributed by atoms with Crippen molar-refractivity contribution >= 4 is 17.5 Å². The first kappa shape index (κ1) is 22.3. The van der Waals surface area contributed by atoms with E-state index in [1.165, 1.54) is 32.1 Å². The lowest BCUT2D eigenvalue weighted by Gasteiger charge is -2.22. The van der Waals surface area contributed by atoms with Crippen molar-refractivity contribution in [2.24, 2.45) is 5.92 Å². The Labute approximate surface area is 180 Å². The molecule has 2 amide bonds. The summed E-state index contributed by atoms with van der Waals surface area (Å²) < 4.78 is 2.02. The zero-order chi connectivity index (χ0) is 21.5. The Kier molecular flexibility index (Phi) is 7.88. The Balaban J connectivity index is 1.95. The van der Waals surface area contributed by atoms with Gasteiger partial charge in [0.05, 0.1) is 5.69 Å². The fraction of sp³-hybridized carbons (Fsp3) is 0.625. The fourth-order valence-electron chi connectivity index (χ4n) is 4.43. The molecule has 6 nitrogen and oxygen atoms in total. The van der Waals surface area contributed by atoms with Crippen molar-refractivity contribution in [3.05, 3.63) is 35.3 Å². The minimum Gasteiger partial charge on any atom is -0.351 e. The number of nitrogens with one attached hydrogen (secondary N) is 1. The molecule has 6 heteroatoms. The van der Waals surface area contributed by atoms with Crippen molar-refractivity contribution < 1.29 is 9.59 Å². The average Bonchev–Trinajstić information content (AvgIpc) is 3.13. The average molecular weight is 413 g/mol. The number of imidazole rings is 1. The molecule has 0 bridgehead atoms. The summed E-state index contributed by atoms with van der Waals surface area (Å²) in [7, 11) is 0. The highest BCUT2D eigenvalue weighted by atomic mass is 16.2. The van der Waals surface area contributed by atoms with Crippen LogP contribution in [-0.4, -0.2) is 45.7 Å². The highest BCUT2D eigenvalue weighted by molar-refractivity contribution is 5.96. The molecular formula is C24H36N4O2. The number of pyridine rings is 1. The van der Waals surface area contributed by atoms with Gasteiger partial charge in [0.15, 0.2) is 0 Å². The van der Waals surface area contributed by atoms with Gasteiger partial charge in [0.2, 0.25) is 0 Å². The summed E-state index contributed by atoms with van der Waals surface area (Å²) in [6, 6.07) is 3.69. The number of aromatic nitrogens is 2. The first-order chi connectivity index (χ1) is 14.6. The molecule has 0 atom stereocenters. The molecule has 2 heterocycles. The van der Waals surface area contributed by atoms with Gasteiger partial charge in [-0.05, 0) is 44.7 Å². The highest BCUT2D eigenvalue weighted by Crippen LogP contribution is 2.28. The summed E-state index contributed by atoms with van der Waals surface area (Å²) >= 11 is 0. The lowest BCUT2D eigenvalue weighted by Crippen LogP contribution is -2.30. The number of amides is 2. The largest absolute Gasteiger partial charge is 0.351 e. The maximum absolute atomic E-state index is 12.9. The van der Waals surface area contributed by atoms with E-state index in [1.54, 1.807) is 4.90 Å². The third-order valence-electron chi connectivity index (χ3n) is 6.26. The lowest BCUT2D eigenvalue weighted by atomic mass is 9.86. The molecule has 3 rings (SSSR count). The molecule has 2 aromatic rings. The minimum absolute atomic E-state index is 0.00766. The standard InChI is InChI=1S/C24H36N4O2/c1-4-7-14-25-23(29)22-20(16-18-11-9-8-10-12-18)28-15-13-19(17-21(28)26-22)24(30)27(5-2)6-3/h13,15,17-18H,4-12,14,16H2,1-3H3,(H,25,29). The maximum atomic E-state index is 12.9. The molecule has 1 aliphatic carbocycles. The van der Waals surface area contributed by atoms with Crippen molar-refractivity contribution in [1.29, 1.82) is 0 Å². The van der Waals surface area contributed by atoms with Crippen molar-refractivity contribution in [3.8, 4) is 0 Å². The van der Waals surface area contributed by atoms with E-state index in [1.807, 2.05) is 36.6 Å². The van der Waals surface area contributed by atoms with Crippen molar-refractivity contribution in [1.82, 2.24) is 19.6 Å². The number of unbranched alkanes of at least 4 members (excludes halogenated alkanes) is 1. The topological polar surface area (TPSA) is 66.7 Å². The molecule has 164 valence electrons. The van der Waals surface area contributed by atoms with Gasteiger partial charge in [-0.25, -0.2) is 4.98 Å². The summed E-state index contributed by atoms with van der Waals surface area (Å²) in [6.07, 6.45) is 11.0. The van der Waals surface area contributed by atoms with Crippen LogP contribution in [0.25, 0.3) is 5.65 Å². The lowest BCUT2D eigenvalue weighted by molar-refractivity contribution is 0.0772. The number of rotatable bonds is 9. The SMILES string of the molecule is CCCCNC(=O)c1nc2cc(C(=O)N(CC)CC)ccn2c1CC1CCCCC1. The van der Waals surface area contributed by atoms with Gasteiger partial charge in [-0.3, -0.25) is 9.59 Å². The molecule has 0 aliphatic heterocycles. The zero-order valence-corrected chi connectivity index (χ0v) is 18.7. The van der Waals surface area contributed by atoms with Crippen LogP contribution < -0.4 is 5.32 Å². The molecular weight excluding hydrogens is 376 g/mol. The number of hydrogen-bond donors (Lipinski definition) is 1. The van der Waals surface area contributed by atoms with Crippen LogP contribution in [0.15, 0.2) is 18.3 Å². The monoisotopic (exact) mass is 412 g/mol. The highest BCUT2D eigenvalue weighted by Gasteiger charge is 2.24. The summed E-state index contributed by atoms with van der Waals surface area (Å²) in [6.45, 7) is 8.09. The van der Waals surface area contributed by atoms with E-state index in [9.17, 15) is 9.59 Å². The molecule has 0 radical (unpaired) electrons. The van der Waals surface area contributed by atoms with Crippen LogP contribution in [0, 0.1) is 5.92 Å². The van der Waals surface area contributed by atoms with Crippen LogP contribution in [0.3, 0.4) is 0 Å². The van der Waals surface area contributed by atoms with Gasteiger partial charge in [-0.15, -0.1) is 0 Å². The molecule has 0 aromatic carbocycles. The molecule has 0 spiro atoms. The van der Waals surface area contributed by atoms with Gasteiger partial charge in [-0.1, -0.05) is 45.4 Å². The van der Waals surface area contributed by atoms with Crippen LogP contribution >= 0.6 is 0 Å². The maximum Gasteiger partial charge on any atom is 0.271 e. The van der Waals surface area contributed by atoms with E-state index < -0.39 is 0 Å². The van der Waals surface area contributed by atoms with E-state index in [2.05, 4.69) is 12.2 Å². The Hall–Kier alpha value is -2.37. The number of hydrogen-bond acceptors (Lipinski definition) is 3. The summed E-state index contributed by atoms with van der Waals surface area (Å²) in [5, 5.41) is 3.02. The number of carbonyl (C=O) groups is 2. The van der Waals surface area contributed by atoms with E-state index in [-0.39, 0.29) is 11.8 Å². The van der Waals surface area contributed by atoms with Crippen LogP contribution in [0.5, 0.6) is 0 Å². The van der Waals surface area contributed by atoms with Gasteiger partial charge < -0.3 is 14.6 Å². The van der Waals surface area contributed by atoms with Crippen molar-refractivity contribution in [2.45, 2.75) is 72.1 Å². The Morgan fingerprint density at radius 2 is 1.90 bits per heavy atom. The second-order valence-corrected chi connectivity index (χ2v) is 8.35. The number of carbonyl (C=O) groups excluding carboxylic acids is 2. The Morgan fingerprint density at radius 3 is 2.57 bits per heavy atom.